The van der Waals surface area contributed by atoms with Gasteiger partial charge in [-0.2, -0.15) is 0 Å². The largest absolute Gasteiger partial charge is 0.497 e. The molecular weight excluding hydrogens is 368 g/mol. The van der Waals surface area contributed by atoms with Crippen molar-refractivity contribution in [3.8, 4) is 11.5 Å². The molecule has 1 amide bonds. The number of benzene rings is 1. The molecule has 2 aromatic rings. The maximum absolute atomic E-state index is 13.2. The Morgan fingerprint density at radius 3 is 2.59 bits per heavy atom. The van der Waals surface area contributed by atoms with Crippen molar-refractivity contribution in [2.24, 2.45) is 11.3 Å². The van der Waals surface area contributed by atoms with Crippen LogP contribution in [-0.2, 0) is 11.3 Å². The van der Waals surface area contributed by atoms with Gasteiger partial charge in [-0.05, 0) is 42.7 Å². The van der Waals surface area contributed by atoms with Crippen LogP contribution in [0.25, 0.3) is 0 Å². The highest BCUT2D eigenvalue weighted by Gasteiger charge is 2.48. The topological polar surface area (TPSA) is 68.7 Å². The van der Waals surface area contributed by atoms with Gasteiger partial charge in [0.05, 0.1) is 7.11 Å². The first-order chi connectivity index (χ1) is 13.9. The number of carbonyl (C=O) groups excluding carboxylic acids is 2. The van der Waals surface area contributed by atoms with E-state index in [1.807, 2.05) is 43.0 Å². The van der Waals surface area contributed by atoms with E-state index in [0.717, 1.165) is 24.2 Å². The Balaban J connectivity index is 1.52. The van der Waals surface area contributed by atoms with Gasteiger partial charge in [-0.15, -0.1) is 0 Å². The number of nitrogens with zero attached hydrogens (tertiary/aromatic N) is 2. The minimum atomic E-state index is -0.657. The number of hydrogen-bond donors (Lipinski definition) is 0. The zero-order chi connectivity index (χ0) is 20.6. The number of pyridine rings is 1. The van der Waals surface area contributed by atoms with E-state index in [-0.39, 0.29) is 23.0 Å². The maximum atomic E-state index is 13.2. The molecule has 2 aliphatic rings. The van der Waals surface area contributed by atoms with Crippen LogP contribution in [0, 0.1) is 11.3 Å². The van der Waals surface area contributed by atoms with Gasteiger partial charge < -0.3 is 14.4 Å². The second-order valence-electron chi connectivity index (χ2n) is 8.52. The normalized spacial score (nSPS) is 20.6. The second kappa shape index (κ2) is 7.50. The number of ketones is 1. The Kier molecular flexibility index (Phi) is 5.03. The molecule has 6 nitrogen and oxygen atoms in total. The smallest absolute Gasteiger partial charge is 0.264 e. The van der Waals surface area contributed by atoms with Gasteiger partial charge in [0.15, 0.2) is 11.9 Å². The first-order valence-corrected chi connectivity index (χ1v) is 9.96. The van der Waals surface area contributed by atoms with Crippen molar-refractivity contribution in [1.29, 1.82) is 0 Å². The van der Waals surface area contributed by atoms with Gasteiger partial charge >= 0.3 is 0 Å². The molecule has 0 spiro atoms. The predicted octanol–water partition coefficient (Wildman–Crippen LogP) is 3.50. The first kappa shape index (κ1) is 19.4. The van der Waals surface area contributed by atoms with Gasteiger partial charge in [-0.3, -0.25) is 9.59 Å². The molecule has 2 fully saturated rings. The molecule has 0 bridgehead atoms. The first-order valence-electron chi connectivity index (χ1n) is 9.96. The zero-order valence-corrected chi connectivity index (χ0v) is 17.1. The Labute approximate surface area is 170 Å². The highest BCUT2D eigenvalue weighted by Crippen LogP contribution is 2.38. The highest BCUT2D eigenvalue weighted by molar-refractivity contribution is 6.00. The fourth-order valence-corrected chi connectivity index (χ4v) is 3.78. The summed E-state index contributed by atoms with van der Waals surface area (Å²) in [6, 6.07) is 11.2. The van der Waals surface area contributed by atoms with Crippen LogP contribution < -0.4 is 9.47 Å². The summed E-state index contributed by atoms with van der Waals surface area (Å²) in [5.41, 5.74) is 0.980. The van der Waals surface area contributed by atoms with Crippen LogP contribution in [-0.4, -0.2) is 41.3 Å². The lowest BCUT2D eigenvalue weighted by molar-refractivity contribution is -0.134. The average molecular weight is 394 g/mol. The second-order valence-corrected chi connectivity index (χ2v) is 8.52. The summed E-state index contributed by atoms with van der Waals surface area (Å²) in [4.78, 5) is 31.8. The number of ether oxygens (including phenoxy) is 2. The van der Waals surface area contributed by atoms with E-state index >= 15 is 0 Å². The molecule has 1 aliphatic heterocycles. The van der Waals surface area contributed by atoms with Crippen molar-refractivity contribution >= 4 is 11.7 Å². The monoisotopic (exact) mass is 394 g/mol. The Morgan fingerprint density at radius 1 is 1.21 bits per heavy atom. The molecule has 1 unspecified atom stereocenters. The van der Waals surface area contributed by atoms with E-state index in [1.54, 1.807) is 25.4 Å². The summed E-state index contributed by atoms with van der Waals surface area (Å²) < 4.78 is 11.3. The van der Waals surface area contributed by atoms with E-state index in [4.69, 9.17) is 9.47 Å². The molecule has 0 radical (unpaired) electrons. The van der Waals surface area contributed by atoms with Crippen LogP contribution in [0.1, 0.15) is 42.7 Å². The number of methoxy groups -OCH3 is 1. The summed E-state index contributed by atoms with van der Waals surface area (Å²) >= 11 is 0. The molecule has 4 rings (SSSR count). The van der Waals surface area contributed by atoms with E-state index in [0.29, 0.717) is 24.5 Å². The lowest BCUT2D eigenvalue weighted by Gasteiger charge is -2.25. The van der Waals surface area contributed by atoms with Crippen molar-refractivity contribution in [2.45, 2.75) is 39.3 Å². The van der Waals surface area contributed by atoms with Crippen LogP contribution in [0.2, 0.25) is 0 Å². The fraction of sp³-hybridized carbons (Fsp3) is 0.435. The number of rotatable bonds is 7. The van der Waals surface area contributed by atoms with Crippen molar-refractivity contribution in [3.05, 3.63) is 53.9 Å². The summed E-state index contributed by atoms with van der Waals surface area (Å²) in [5.74, 6) is 1.18. The van der Waals surface area contributed by atoms with Crippen molar-refractivity contribution in [1.82, 2.24) is 9.88 Å². The van der Waals surface area contributed by atoms with E-state index in [9.17, 15) is 9.59 Å². The van der Waals surface area contributed by atoms with Gasteiger partial charge in [0.2, 0.25) is 0 Å². The third kappa shape index (κ3) is 3.97. The third-order valence-electron chi connectivity index (χ3n) is 5.57. The van der Waals surface area contributed by atoms with Crippen LogP contribution in [0.5, 0.6) is 11.5 Å². The summed E-state index contributed by atoms with van der Waals surface area (Å²) in [6.45, 7) is 5.12. The lowest BCUT2D eigenvalue weighted by atomic mass is 9.89. The van der Waals surface area contributed by atoms with Gasteiger partial charge in [0.1, 0.15) is 17.2 Å². The maximum Gasteiger partial charge on any atom is 0.264 e. The number of likely N-dealkylation sites (tertiary alicyclic amines) is 1. The Bertz CT molecular complexity index is 919. The summed E-state index contributed by atoms with van der Waals surface area (Å²) in [7, 11) is 1.63. The fourth-order valence-electron chi connectivity index (χ4n) is 3.78. The Morgan fingerprint density at radius 2 is 1.93 bits per heavy atom. The number of amides is 1. The lowest BCUT2D eigenvalue weighted by Crippen LogP contribution is -2.37. The van der Waals surface area contributed by atoms with Crippen molar-refractivity contribution in [3.63, 3.8) is 0 Å². The van der Waals surface area contributed by atoms with E-state index in [2.05, 4.69) is 4.98 Å². The molecule has 6 heteroatoms. The van der Waals surface area contributed by atoms with Gasteiger partial charge in [-0.1, -0.05) is 26.0 Å². The van der Waals surface area contributed by atoms with Crippen LogP contribution in [0.4, 0.5) is 0 Å². The summed E-state index contributed by atoms with van der Waals surface area (Å²) in [6.07, 6.45) is 2.74. The molecular formula is C23H26N2O4. The van der Waals surface area contributed by atoms with E-state index < -0.39 is 6.10 Å². The zero-order valence-electron chi connectivity index (χ0n) is 17.1. The molecule has 2 heterocycles. The summed E-state index contributed by atoms with van der Waals surface area (Å²) in [5, 5.41) is 0. The minimum absolute atomic E-state index is 0.0129. The molecule has 1 saturated heterocycles. The average Bonchev–Trinajstić information content (AvgIpc) is 3.53. The SMILES string of the molecule is COc1ccc(CN2CC(C)(C)C(Oc3cccnc3C(=O)C3CC3)C2=O)cc1. The standard InChI is InChI=1S/C23H26N2O4/c1-23(2)14-25(13-15-6-10-17(28-3)11-7-15)22(27)21(23)29-18-5-4-12-24-19(18)20(26)16-8-9-16/h4-7,10-12,16,21H,8-9,13-14H2,1-3H3. The minimum Gasteiger partial charge on any atom is -0.497 e. The molecule has 1 atom stereocenters. The van der Waals surface area contributed by atoms with Crippen molar-refractivity contribution < 1.29 is 19.1 Å². The molecule has 152 valence electrons. The van der Waals surface area contributed by atoms with Crippen molar-refractivity contribution in [2.75, 3.05) is 13.7 Å². The van der Waals surface area contributed by atoms with Gasteiger partial charge in [-0.25, -0.2) is 4.98 Å². The van der Waals surface area contributed by atoms with Crippen LogP contribution in [0.15, 0.2) is 42.6 Å². The number of aromatic nitrogens is 1. The molecule has 1 aromatic carbocycles. The van der Waals surface area contributed by atoms with Gasteiger partial charge in [0.25, 0.3) is 5.91 Å². The quantitative estimate of drug-likeness (QED) is 0.673. The van der Waals surface area contributed by atoms with E-state index in [1.165, 1.54) is 0 Å². The molecule has 1 aliphatic carbocycles. The number of carbonyl (C=O) groups is 2. The predicted molar refractivity (Wildman–Crippen MR) is 108 cm³/mol. The number of hydrogen-bond acceptors (Lipinski definition) is 5. The molecule has 29 heavy (non-hydrogen) atoms. The van der Waals surface area contributed by atoms with Crippen LogP contribution in [0.3, 0.4) is 0 Å². The highest BCUT2D eigenvalue weighted by atomic mass is 16.5. The molecule has 0 N–H and O–H groups in total. The Hall–Kier alpha value is -2.89. The van der Waals surface area contributed by atoms with Crippen LogP contribution >= 0.6 is 0 Å². The molecule has 1 saturated carbocycles. The van der Waals surface area contributed by atoms with Gasteiger partial charge in [0, 0.05) is 30.6 Å². The number of Topliss-reactive ketones (excluding diaryl/α,β-unsaturated/α-hetero) is 1. The third-order valence-corrected chi connectivity index (χ3v) is 5.57. The molecule has 1 aromatic heterocycles.